The fourth-order valence-corrected chi connectivity index (χ4v) is 3.88. The van der Waals surface area contributed by atoms with E-state index in [-0.39, 0.29) is 11.3 Å². The monoisotopic (exact) mass is 365 g/mol. The summed E-state index contributed by atoms with van der Waals surface area (Å²) in [6, 6.07) is 6.17. The molecule has 4 nitrogen and oxygen atoms in total. The number of nitrogens with two attached hydrogens (primary N) is 1. The van der Waals surface area contributed by atoms with Crippen LogP contribution >= 0.6 is 0 Å². The van der Waals surface area contributed by atoms with Crippen molar-refractivity contribution in [2.75, 3.05) is 10.6 Å². The maximum Gasteiger partial charge on any atom is 0.182 e. The van der Waals surface area contributed by atoms with Crippen molar-refractivity contribution >= 4 is 17.1 Å². The number of rotatable bonds is 2. The van der Waals surface area contributed by atoms with E-state index in [1.807, 2.05) is 13.0 Å². The van der Waals surface area contributed by atoms with Crippen LogP contribution in [0.25, 0.3) is 28.1 Å². The molecule has 1 aromatic heterocycles. The van der Waals surface area contributed by atoms with E-state index < -0.39 is 11.6 Å². The van der Waals surface area contributed by atoms with Gasteiger partial charge in [-0.05, 0) is 43.0 Å². The van der Waals surface area contributed by atoms with E-state index in [1.165, 1.54) is 6.39 Å². The van der Waals surface area contributed by atoms with E-state index in [0.717, 1.165) is 53.2 Å². The van der Waals surface area contributed by atoms with Gasteiger partial charge in [0, 0.05) is 23.2 Å². The lowest BCUT2D eigenvalue weighted by atomic mass is 9.91. The number of benzene rings is 2. The molecule has 27 heavy (non-hydrogen) atoms. The molecule has 1 aliphatic carbocycles. The summed E-state index contributed by atoms with van der Waals surface area (Å²) in [5.41, 5.74) is 10.2. The molecule has 0 atom stereocenters. The van der Waals surface area contributed by atoms with Crippen LogP contribution in [0.4, 0.5) is 20.2 Å². The van der Waals surface area contributed by atoms with E-state index in [1.54, 1.807) is 6.07 Å². The lowest BCUT2D eigenvalue weighted by Gasteiger charge is -2.34. The molecule has 1 fully saturated rings. The number of hydrogen-bond donors (Lipinski definition) is 1. The largest absolute Gasteiger partial charge is 0.443 e. The molecule has 5 rings (SSSR count). The van der Waals surface area contributed by atoms with Crippen molar-refractivity contribution in [1.29, 1.82) is 0 Å². The second-order valence-corrected chi connectivity index (χ2v) is 7.07. The summed E-state index contributed by atoms with van der Waals surface area (Å²) in [7, 11) is 0. The number of fused-ring (bicyclic) bond motifs is 3. The second kappa shape index (κ2) is 5.42. The van der Waals surface area contributed by atoms with E-state index in [2.05, 4.69) is 16.5 Å². The van der Waals surface area contributed by atoms with E-state index >= 15 is 0 Å². The Labute approximate surface area is 154 Å². The van der Waals surface area contributed by atoms with E-state index in [0.29, 0.717) is 17.4 Å². The Morgan fingerprint density at radius 1 is 1.15 bits per heavy atom. The van der Waals surface area contributed by atoms with Crippen LogP contribution in [0.5, 0.6) is 0 Å². The summed E-state index contributed by atoms with van der Waals surface area (Å²) >= 11 is 0. The van der Waals surface area contributed by atoms with Crippen molar-refractivity contribution in [2.24, 2.45) is 0 Å². The molecule has 2 aromatic carbocycles. The van der Waals surface area contributed by atoms with Crippen LogP contribution in [0.1, 0.15) is 24.1 Å². The van der Waals surface area contributed by atoms with Gasteiger partial charge >= 0.3 is 0 Å². The molecule has 2 heterocycles. The fraction of sp³-hybridized carbons (Fsp3) is 0.190. The molecule has 0 saturated heterocycles. The third-order valence-electron chi connectivity index (χ3n) is 5.34. The topological polar surface area (TPSA) is 55.3 Å². The zero-order chi connectivity index (χ0) is 18.9. The third-order valence-corrected chi connectivity index (χ3v) is 5.34. The smallest absolute Gasteiger partial charge is 0.182 e. The van der Waals surface area contributed by atoms with Gasteiger partial charge in [-0.15, -0.1) is 0 Å². The second-order valence-electron chi connectivity index (χ2n) is 7.07. The molecule has 2 aliphatic rings. The Morgan fingerprint density at radius 2 is 1.89 bits per heavy atom. The summed E-state index contributed by atoms with van der Waals surface area (Å²) < 4.78 is 34.2. The molecule has 1 aliphatic heterocycles. The predicted octanol–water partition coefficient (Wildman–Crippen LogP) is 5.13. The average molecular weight is 365 g/mol. The quantitative estimate of drug-likeness (QED) is 0.640. The highest BCUT2D eigenvalue weighted by Crippen LogP contribution is 2.51. The van der Waals surface area contributed by atoms with Crippen LogP contribution < -0.4 is 10.6 Å². The predicted molar refractivity (Wildman–Crippen MR) is 101 cm³/mol. The van der Waals surface area contributed by atoms with Gasteiger partial charge < -0.3 is 15.1 Å². The number of nitrogen functional groups attached to an aromatic ring is 1. The first kappa shape index (κ1) is 16.1. The lowest BCUT2D eigenvalue weighted by Crippen LogP contribution is -2.28. The minimum Gasteiger partial charge on any atom is -0.443 e. The highest BCUT2D eigenvalue weighted by atomic mass is 19.1. The van der Waals surface area contributed by atoms with Gasteiger partial charge in [-0.2, -0.15) is 0 Å². The van der Waals surface area contributed by atoms with Gasteiger partial charge in [0.25, 0.3) is 0 Å². The van der Waals surface area contributed by atoms with Gasteiger partial charge in [0.15, 0.2) is 12.2 Å². The van der Waals surface area contributed by atoms with Gasteiger partial charge in [-0.1, -0.05) is 12.6 Å². The van der Waals surface area contributed by atoms with Crippen molar-refractivity contribution in [3.8, 4) is 22.5 Å². The first-order chi connectivity index (χ1) is 13.0. The van der Waals surface area contributed by atoms with Gasteiger partial charge in [0.2, 0.25) is 0 Å². The van der Waals surface area contributed by atoms with Crippen LogP contribution in [-0.4, -0.2) is 11.0 Å². The number of anilines is 2. The summed E-state index contributed by atoms with van der Waals surface area (Å²) in [5, 5.41) is 0. The van der Waals surface area contributed by atoms with Crippen LogP contribution in [-0.2, 0) is 0 Å². The number of halogens is 2. The molecule has 1 saturated carbocycles. The number of hydrogen-bond acceptors (Lipinski definition) is 4. The first-order valence-electron chi connectivity index (χ1n) is 8.78. The summed E-state index contributed by atoms with van der Waals surface area (Å²) in [6.45, 7) is 6.12. The summed E-state index contributed by atoms with van der Waals surface area (Å²) in [6.07, 6.45) is 3.52. The van der Waals surface area contributed by atoms with Gasteiger partial charge in [-0.25, -0.2) is 13.8 Å². The number of oxazole rings is 1. The zero-order valence-corrected chi connectivity index (χ0v) is 14.7. The standard InChI is InChI=1S/C21H17F2N3O/c1-10-13(15-7-17(23)18(24)8-16(15)22)5-6-14-20(10)26(12-3-4-12)11(2)19-21(14)27-9-25-19/h5-9,12H,2-4,24H2,1H3. The van der Waals surface area contributed by atoms with Crippen molar-refractivity contribution in [2.45, 2.75) is 25.8 Å². The van der Waals surface area contributed by atoms with Crippen LogP contribution in [0.3, 0.4) is 0 Å². The lowest BCUT2D eigenvalue weighted by molar-refractivity contribution is 0.571. The molecular weight excluding hydrogens is 348 g/mol. The van der Waals surface area contributed by atoms with Crippen molar-refractivity contribution < 1.29 is 13.2 Å². The molecule has 136 valence electrons. The minimum absolute atomic E-state index is 0.187. The molecule has 0 bridgehead atoms. The van der Waals surface area contributed by atoms with Crippen LogP contribution in [0, 0.1) is 18.6 Å². The Bertz CT molecular complexity index is 1110. The van der Waals surface area contributed by atoms with Gasteiger partial charge in [0.05, 0.1) is 17.1 Å². The maximum absolute atomic E-state index is 14.6. The number of nitrogens with zero attached hydrogens (tertiary/aromatic N) is 2. The van der Waals surface area contributed by atoms with E-state index in [4.69, 9.17) is 10.2 Å². The Kier molecular flexibility index (Phi) is 3.22. The minimum atomic E-state index is -0.635. The van der Waals surface area contributed by atoms with Gasteiger partial charge in [0.1, 0.15) is 17.3 Å². The third kappa shape index (κ3) is 2.22. The van der Waals surface area contributed by atoms with Crippen molar-refractivity contribution in [3.05, 3.63) is 60.1 Å². The zero-order valence-electron chi connectivity index (χ0n) is 14.7. The van der Waals surface area contributed by atoms with Gasteiger partial charge in [-0.3, -0.25) is 0 Å². The van der Waals surface area contributed by atoms with Crippen molar-refractivity contribution in [1.82, 2.24) is 4.98 Å². The SMILES string of the molecule is C=C1c2ncoc2-c2ccc(-c3cc(F)c(N)cc3F)c(C)c2N1C1CC1. The fourth-order valence-electron chi connectivity index (χ4n) is 3.88. The molecular formula is C21H17F2N3O. The molecule has 0 spiro atoms. The Morgan fingerprint density at radius 3 is 2.63 bits per heavy atom. The van der Waals surface area contributed by atoms with E-state index in [9.17, 15) is 8.78 Å². The molecule has 6 heteroatoms. The summed E-state index contributed by atoms with van der Waals surface area (Å²) in [4.78, 5) is 6.47. The maximum atomic E-state index is 14.6. The molecule has 0 radical (unpaired) electrons. The van der Waals surface area contributed by atoms with Crippen LogP contribution in [0.2, 0.25) is 0 Å². The normalized spacial score (nSPS) is 15.7. The molecule has 0 unspecified atom stereocenters. The molecule has 0 amide bonds. The van der Waals surface area contributed by atoms with Crippen LogP contribution in [0.15, 0.2) is 41.7 Å². The first-order valence-corrected chi connectivity index (χ1v) is 8.78. The number of aromatic nitrogens is 1. The summed E-state index contributed by atoms with van der Waals surface area (Å²) in [5.74, 6) is -0.528. The van der Waals surface area contributed by atoms with Crippen molar-refractivity contribution in [3.63, 3.8) is 0 Å². The molecule has 3 aromatic rings. The molecule has 2 N–H and O–H groups in total. The Balaban J connectivity index is 1.78. The highest BCUT2D eigenvalue weighted by Gasteiger charge is 2.39. The highest BCUT2D eigenvalue weighted by molar-refractivity contribution is 5.99. The Hall–Kier alpha value is -3.15. The average Bonchev–Trinajstić information content (AvgIpc) is 3.34.